The van der Waals surface area contributed by atoms with Gasteiger partial charge in [0.05, 0.1) is 28.8 Å². The molecule has 1 saturated heterocycles. The normalized spacial score (nSPS) is 19.4. The molecule has 0 saturated carbocycles. The molecule has 1 unspecified atom stereocenters. The van der Waals surface area contributed by atoms with Gasteiger partial charge in [-0.15, -0.1) is 0 Å². The lowest BCUT2D eigenvalue weighted by Gasteiger charge is -2.12. The van der Waals surface area contributed by atoms with Gasteiger partial charge in [-0.2, -0.15) is 10.2 Å². The largest absolute Gasteiger partial charge is 0.294 e. The molecular weight excluding hydrogens is 342 g/mol. The summed E-state index contributed by atoms with van der Waals surface area (Å²) in [5.41, 5.74) is 2.24. The number of sulfone groups is 1. The maximum absolute atomic E-state index is 11.8. The van der Waals surface area contributed by atoms with E-state index in [1.165, 1.54) is 0 Å². The Labute approximate surface area is 147 Å². The monoisotopic (exact) mass is 365 g/mol. The number of hydrogen-bond donors (Lipinski definition) is 0. The highest BCUT2D eigenvalue weighted by atomic mass is 32.2. The molecule has 1 atom stereocenters. The Kier molecular flexibility index (Phi) is 4.52. The standard InChI is InChI=1S/C16H23N5O3S/c1-10-16(12(3)22)11(2)20(18-10)7-5-15-17-13(4)19-21(15)14-6-8-25(23,24)9-14/h14H,5-9H2,1-4H3. The smallest absolute Gasteiger partial charge is 0.163 e. The first-order chi connectivity index (χ1) is 11.7. The SMILES string of the molecule is CC(=O)c1c(C)nn(CCc2nc(C)nn2C2CCS(=O)(=O)C2)c1C. The Morgan fingerprint density at radius 1 is 1.24 bits per heavy atom. The van der Waals surface area contributed by atoms with Gasteiger partial charge in [0.2, 0.25) is 0 Å². The summed E-state index contributed by atoms with van der Waals surface area (Å²) in [5, 5.41) is 8.85. The van der Waals surface area contributed by atoms with Crippen molar-refractivity contribution in [2.24, 2.45) is 0 Å². The number of nitrogens with zero attached hydrogens (tertiary/aromatic N) is 5. The zero-order chi connectivity index (χ0) is 18.4. The number of hydrogen-bond acceptors (Lipinski definition) is 6. The van der Waals surface area contributed by atoms with Crippen LogP contribution in [0.15, 0.2) is 0 Å². The zero-order valence-corrected chi connectivity index (χ0v) is 15.8. The van der Waals surface area contributed by atoms with Crippen LogP contribution < -0.4 is 0 Å². The second-order valence-corrected chi connectivity index (χ2v) is 8.88. The van der Waals surface area contributed by atoms with Gasteiger partial charge in [-0.25, -0.2) is 18.1 Å². The van der Waals surface area contributed by atoms with Crippen molar-refractivity contribution in [1.82, 2.24) is 24.5 Å². The van der Waals surface area contributed by atoms with E-state index in [1.807, 2.05) is 18.5 Å². The zero-order valence-electron chi connectivity index (χ0n) is 15.0. The average molecular weight is 365 g/mol. The molecule has 1 aliphatic heterocycles. The molecule has 136 valence electrons. The van der Waals surface area contributed by atoms with Crippen molar-refractivity contribution in [1.29, 1.82) is 0 Å². The number of carbonyl (C=O) groups is 1. The van der Waals surface area contributed by atoms with Crippen LogP contribution in [0.3, 0.4) is 0 Å². The van der Waals surface area contributed by atoms with Gasteiger partial charge >= 0.3 is 0 Å². The third-order valence-corrected chi connectivity index (χ3v) is 6.39. The molecule has 0 bridgehead atoms. The molecule has 1 fully saturated rings. The van der Waals surface area contributed by atoms with Crippen LogP contribution in [0, 0.1) is 20.8 Å². The molecule has 2 aromatic heterocycles. The Morgan fingerprint density at radius 3 is 2.52 bits per heavy atom. The van der Waals surface area contributed by atoms with Crippen LogP contribution in [0.2, 0.25) is 0 Å². The van der Waals surface area contributed by atoms with Gasteiger partial charge in [0.1, 0.15) is 11.6 Å². The predicted molar refractivity (Wildman–Crippen MR) is 92.5 cm³/mol. The van der Waals surface area contributed by atoms with E-state index >= 15 is 0 Å². The molecule has 3 rings (SSSR count). The highest BCUT2D eigenvalue weighted by Crippen LogP contribution is 2.24. The van der Waals surface area contributed by atoms with E-state index in [2.05, 4.69) is 15.2 Å². The number of Topliss-reactive ketones (excluding diaryl/α,β-unsaturated/α-hetero) is 1. The van der Waals surface area contributed by atoms with Gasteiger partial charge in [0, 0.05) is 18.7 Å². The molecular formula is C16H23N5O3S. The third kappa shape index (κ3) is 3.51. The molecule has 0 aromatic carbocycles. The molecule has 0 radical (unpaired) electrons. The molecule has 3 heterocycles. The Balaban J connectivity index is 1.81. The highest BCUT2D eigenvalue weighted by Gasteiger charge is 2.31. The minimum absolute atomic E-state index is 0.0106. The molecule has 8 nitrogen and oxygen atoms in total. The van der Waals surface area contributed by atoms with Crippen molar-refractivity contribution in [3.05, 3.63) is 28.6 Å². The van der Waals surface area contributed by atoms with Crippen molar-refractivity contribution in [2.75, 3.05) is 11.5 Å². The van der Waals surface area contributed by atoms with E-state index in [0.29, 0.717) is 30.8 Å². The van der Waals surface area contributed by atoms with E-state index in [4.69, 9.17) is 0 Å². The first-order valence-electron chi connectivity index (χ1n) is 8.35. The van der Waals surface area contributed by atoms with Gasteiger partial charge in [0.15, 0.2) is 15.6 Å². The lowest BCUT2D eigenvalue weighted by molar-refractivity contribution is 0.101. The first kappa shape index (κ1) is 17.8. The van der Waals surface area contributed by atoms with Crippen LogP contribution >= 0.6 is 0 Å². The maximum Gasteiger partial charge on any atom is 0.163 e. The lowest BCUT2D eigenvalue weighted by Crippen LogP contribution is -2.17. The summed E-state index contributed by atoms with van der Waals surface area (Å²) in [5.74, 6) is 1.73. The van der Waals surface area contributed by atoms with Crippen molar-refractivity contribution in [3.63, 3.8) is 0 Å². The van der Waals surface area contributed by atoms with Crippen molar-refractivity contribution in [3.8, 4) is 0 Å². The maximum atomic E-state index is 11.8. The van der Waals surface area contributed by atoms with E-state index in [0.717, 1.165) is 17.2 Å². The minimum atomic E-state index is -2.98. The van der Waals surface area contributed by atoms with Crippen LogP contribution in [-0.4, -0.2) is 50.3 Å². The van der Waals surface area contributed by atoms with E-state index in [-0.39, 0.29) is 23.3 Å². The first-order valence-corrected chi connectivity index (χ1v) is 10.2. The summed E-state index contributed by atoms with van der Waals surface area (Å²) < 4.78 is 27.1. The molecule has 1 aliphatic rings. The fraction of sp³-hybridized carbons (Fsp3) is 0.625. The molecule has 25 heavy (non-hydrogen) atoms. The minimum Gasteiger partial charge on any atom is -0.294 e. The van der Waals surface area contributed by atoms with Gasteiger partial charge in [-0.05, 0) is 34.1 Å². The summed E-state index contributed by atoms with van der Waals surface area (Å²) in [6.07, 6.45) is 1.16. The van der Waals surface area contributed by atoms with Crippen LogP contribution in [0.5, 0.6) is 0 Å². The Morgan fingerprint density at radius 2 is 1.96 bits per heavy atom. The van der Waals surface area contributed by atoms with Crippen molar-refractivity contribution >= 4 is 15.6 Å². The number of rotatable bonds is 5. The summed E-state index contributed by atoms with van der Waals surface area (Å²) in [6, 6.07) is -0.144. The summed E-state index contributed by atoms with van der Waals surface area (Å²) >= 11 is 0. The van der Waals surface area contributed by atoms with Gasteiger partial charge in [-0.3, -0.25) is 9.48 Å². The van der Waals surface area contributed by atoms with E-state index in [9.17, 15) is 13.2 Å². The van der Waals surface area contributed by atoms with Crippen LogP contribution in [0.1, 0.15) is 52.8 Å². The number of aryl methyl sites for hydroxylation is 4. The lowest BCUT2D eigenvalue weighted by atomic mass is 10.1. The van der Waals surface area contributed by atoms with Gasteiger partial charge in [0.25, 0.3) is 0 Å². The Hall–Kier alpha value is -2.03. The quantitative estimate of drug-likeness (QED) is 0.738. The van der Waals surface area contributed by atoms with Crippen LogP contribution in [0.25, 0.3) is 0 Å². The molecule has 0 aliphatic carbocycles. The fourth-order valence-corrected chi connectivity index (χ4v) is 5.23. The van der Waals surface area contributed by atoms with Gasteiger partial charge in [-0.1, -0.05) is 0 Å². The predicted octanol–water partition coefficient (Wildman–Crippen LogP) is 1.20. The summed E-state index contributed by atoms with van der Waals surface area (Å²) in [6.45, 7) is 7.63. The molecule has 0 spiro atoms. The molecule has 0 N–H and O–H groups in total. The summed E-state index contributed by atoms with van der Waals surface area (Å²) in [4.78, 5) is 16.2. The molecule has 9 heteroatoms. The number of ketones is 1. The number of carbonyl (C=O) groups excluding carboxylic acids is 1. The topological polar surface area (TPSA) is 99.7 Å². The molecule has 0 amide bonds. The van der Waals surface area contributed by atoms with E-state index < -0.39 is 9.84 Å². The second-order valence-electron chi connectivity index (χ2n) is 6.65. The fourth-order valence-electron chi connectivity index (χ4n) is 3.54. The highest BCUT2D eigenvalue weighted by molar-refractivity contribution is 7.91. The average Bonchev–Trinajstić information content (AvgIpc) is 3.12. The Bertz CT molecular complexity index is 926. The van der Waals surface area contributed by atoms with Gasteiger partial charge < -0.3 is 0 Å². The van der Waals surface area contributed by atoms with Crippen molar-refractivity contribution in [2.45, 2.75) is 53.1 Å². The van der Waals surface area contributed by atoms with Crippen LogP contribution in [0.4, 0.5) is 0 Å². The van der Waals surface area contributed by atoms with Crippen LogP contribution in [-0.2, 0) is 22.8 Å². The van der Waals surface area contributed by atoms with E-state index in [1.54, 1.807) is 18.5 Å². The van der Waals surface area contributed by atoms with Crippen molar-refractivity contribution < 1.29 is 13.2 Å². The third-order valence-electron chi connectivity index (χ3n) is 4.64. The number of aromatic nitrogens is 5. The second kappa shape index (κ2) is 6.36. The molecule has 2 aromatic rings. The summed E-state index contributed by atoms with van der Waals surface area (Å²) in [7, 11) is -2.98.